The number of halogens is 1. The number of aromatic nitrogens is 3. The van der Waals surface area contributed by atoms with Crippen LogP contribution in [0.1, 0.15) is 25.0 Å². The van der Waals surface area contributed by atoms with Crippen molar-refractivity contribution in [2.45, 2.75) is 37.9 Å². The summed E-state index contributed by atoms with van der Waals surface area (Å²) >= 11 is 0. The summed E-state index contributed by atoms with van der Waals surface area (Å²) in [5, 5.41) is 3.54. The molecule has 4 heterocycles. The van der Waals surface area contributed by atoms with E-state index < -0.39 is 0 Å². The smallest absolute Gasteiger partial charge is 0.233 e. The Morgan fingerprint density at radius 1 is 1.25 bits per heavy atom. The van der Waals surface area contributed by atoms with Gasteiger partial charge in [-0.05, 0) is 31.9 Å². The molecule has 0 amide bonds. The Labute approximate surface area is 124 Å². The number of hydrogen-bond donors (Lipinski definition) is 1. The molecule has 2 fully saturated rings. The highest BCUT2D eigenvalue weighted by molar-refractivity contribution is 5.85. The third-order valence-electron chi connectivity index (χ3n) is 4.44. The van der Waals surface area contributed by atoms with E-state index in [1.54, 1.807) is 6.20 Å². The normalized spacial score (nSPS) is 26.4. The van der Waals surface area contributed by atoms with E-state index in [1.807, 2.05) is 16.7 Å². The Morgan fingerprint density at radius 2 is 2.15 bits per heavy atom. The van der Waals surface area contributed by atoms with Gasteiger partial charge in [-0.2, -0.15) is 0 Å². The largest absolute Gasteiger partial charge is 0.315 e. The van der Waals surface area contributed by atoms with Crippen LogP contribution < -0.4 is 5.32 Å². The molecule has 2 atom stereocenters. The zero-order chi connectivity index (χ0) is 12.7. The van der Waals surface area contributed by atoms with Gasteiger partial charge in [0.25, 0.3) is 0 Å². The zero-order valence-corrected chi connectivity index (χ0v) is 12.2. The van der Waals surface area contributed by atoms with Crippen molar-refractivity contribution in [3.63, 3.8) is 0 Å². The molecule has 108 valence electrons. The van der Waals surface area contributed by atoms with Crippen molar-refractivity contribution in [2.75, 3.05) is 13.1 Å². The molecule has 4 rings (SSSR count). The Hall–Kier alpha value is -1.17. The molecule has 2 aliphatic rings. The average molecular weight is 294 g/mol. The van der Waals surface area contributed by atoms with E-state index >= 15 is 0 Å². The highest BCUT2D eigenvalue weighted by atomic mass is 35.5. The predicted octanol–water partition coefficient (Wildman–Crippen LogP) is 1.48. The van der Waals surface area contributed by atoms with Gasteiger partial charge in [-0.15, -0.1) is 12.4 Å². The number of rotatable bonds is 2. The fourth-order valence-corrected chi connectivity index (χ4v) is 3.48. The van der Waals surface area contributed by atoms with E-state index in [2.05, 4.69) is 26.4 Å². The molecule has 0 aromatic carbocycles. The predicted molar refractivity (Wildman–Crippen MR) is 80.1 cm³/mol. The molecule has 1 N–H and O–H groups in total. The van der Waals surface area contributed by atoms with Crippen LogP contribution in [0.25, 0.3) is 5.78 Å². The first-order valence-corrected chi connectivity index (χ1v) is 7.15. The van der Waals surface area contributed by atoms with Crippen molar-refractivity contribution in [3.8, 4) is 0 Å². The van der Waals surface area contributed by atoms with Crippen molar-refractivity contribution in [1.29, 1.82) is 0 Å². The number of nitrogens with one attached hydrogen (secondary N) is 1. The van der Waals surface area contributed by atoms with Gasteiger partial charge >= 0.3 is 0 Å². The summed E-state index contributed by atoms with van der Waals surface area (Å²) < 4.78 is 2.01. The van der Waals surface area contributed by atoms with Crippen LogP contribution >= 0.6 is 12.4 Å². The second kappa shape index (κ2) is 5.68. The fraction of sp³-hybridized carbons (Fsp3) is 0.571. The quantitative estimate of drug-likeness (QED) is 0.911. The summed E-state index contributed by atoms with van der Waals surface area (Å²) in [7, 11) is 0. The summed E-state index contributed by atoms with van der Waals surface area (Å²) in [6.07, 6.45) is 9.85. The maximum Gasteiger partial charge on any atom is 0.233 e. The molecular weight excluding hydrogens is 274 g/mol. The monoisotopic (exact) mass is 293 g/mol. The lowest BCUT2D eigenvalue weighted by atomic mass is 10.1. The zero-order valence-electron chi connectivity index (χ0n) is 11.4. The first-order chi connectivity index (χ1) is 9.40. The van der Waals surface area contributed by atoms with E-state index in [9.17, 15) is 0 Å². The minimum atomic E-state index is 0. The van der Waals surface area contributed by atoms with Gasteiger partial charge in [0.1, 0.15) is 0 Å². The van der Waals surface area contributed by atoms with E-state index in [4.69, 9.17) is 0 Å². The molecular formula is C14H20ClN5. The molecule has 2 bridgehead atoms. The van der Waals surface area contributed by atoms with Crippen LogP contribution in [0, 0.1) is 0 Å². The van der Waals surface area contributed by atoms with E-state index in [0.29, 0.717) is 6.04 Å². The van der Waals surface area contributed by atoms with Crippen LogP contribution in [0.3, 0.4) is 0 Å². The van der Waals surface area contributed by atoms with Gasteiger partial charge in [0.05, 0.1) is 5.69 Å². The van der Waals surface area contributed by atoms with Crippen molar-refractivity contribution in [2.24, 2.45) is 0 Å². The van der Waals surface area contributed by atoms with Crippen LogP contribution in [0.2, 0.25) is 0 Å². The molecule has 2 unspecified atom stereocenters. The van der Waals surface area contributed by atoms with E-state index in [-0.39, 0.29) is 12.4 Å². The fourth-order valence-electron chi connectivity index (χ4n) is 3.48. The summed E-state index contributed by atoms with van der Waals surface area (Å²) in [6, 6.07) is 3.36. The standard InChI is InChI=1S/C14H19N5.ClH/c1-5-16-14-17-11(9-18(14)7-1)10-19-12-2-3-13(19)8-15-6-4-12;/h1,5,7,9,12-13,15H,2-4,6,8,10H2;1H. The summed E-state index contributed by atoms with van der Waals surface area (Å²) in [5.41, 5.74) is 1.14. The van der Waals surface area contributed by atoms with Gasteiger partial charge in [-0.3, -0.25) is 9.30 Å². The van der Waals surface area contributed by atoms with Crippen molar-refractivity contribution in [3.05, 3.63) is 30.4 Å². The molecule has 2 aliphatic heterocycles. The number of nitrogens with zero attached hydrogens (tertiary/aromatic N) is 4. The lowest BCUT2D eigenvalue weighted by Crippen LogP contribution is -2.37. The van der Waals surface area contributed by atoms with Gasteiger partial charge in [0.2, 0.25) is 5.78 Å². The Morgan fingerprint density at radius 3 is 3.05 bits per heavy atom. The molecule has 2 aromatic heterocycles. The lowest BCUT2D eigenvalue weighted by molar-refractivity contribution is 0.191. The Bertz CT molecular complexity index is 537. The summed E-state index contributed by atoms with van der Waals surface area (Å²) in [4.78, 5) is 11.6. The van der Waals surface area contributed by atoms with Gasteiger partial charge in [-0.25, -0.2) is 9.97 Å². The second-order valence-corrected chi connectivity index (χ2v) is 5.61. The molecule has 5 nitrogen and oxygen atoms in total. The highest BCUT2D eigenvalue weighted by Crippen LogP contribution is 2.29. The molecule has 2 aromatic rings. The Balaban J connectivity index is 0.00000121. The first-order valence-electron chi connectivity index (χ1n) is 7.15. The van der Waals surface area contributed by atoms with Crippen LogP contribution in [0.5, 0.6) is 0 Å². The summed E-state index contributed by atoms with van der Waals surface area (Å²) in [6.45, 7) is 3.24. The third kappa shape index (κ3) is 2.41. The maximum absolute atomic E-state index is 4.62. The van der Waals surface area contributed by atoms with E-state index in [1.165, 1.54) is 19.3 Å². The lowest BCUT2D eigenvalue weighted by Gasteiger charge is -2.26. The van der Waals surface area contributed by atoms with Crippen molar-refractivity contribution in [1.82, 2.24) is 24.6 Å². The van der Waals surface area contributed by atoms with Crippen molar-refractivity contribution < 1.29 is 0 Å². The highest BCUT2D eigenvalue weighted by Gasteiger charge is 2.34. The van der Waals surface area contributed by atoms with Gasteiger partial charge < -0.3 is 5.32 Å². The number of hydrogen-bond acceptors (Lipinski definition) is 4. The van der Waals surface area contributed by atoms with Crippen LogP contribution in [0.4, 0.5) is 0 Å². The molecule has 0 spiro atoms. The molecule has 6 heteroatoms. The van der Waals surface area contributed by atoms with E-state index in [0.717, 1.165) is 37.1 Å². The SMILES string of the molecule is Cl.c1cnc2nc(CN3C4CCNCC3CC4)cn2c1. The molecule has 0 saturated carbocycles. The molecule has 20 heavy (non-hydrogen) atoms. The summed E-state index contributed by atoms with van der Waals surface area (Å²) in [5.74, 6) is 0.804. The van der Waals surface area contributed by atoms with Gasteiger partial charge in [-0.1, -0.05) is 0 Å². The Kier molecular flexibility index (Phi) is 3.92. The second-order valence-electron chi connectivity index (χ2n) is 5.61. The molecule has 0 aliphatic carbocycles. The number of imidazole rings is 1. The van der Waals surface area contributed by atoms with Crippen LogP contribution in [0.15, 0.2) is 24.7 Å². The topological polar surface area (TPSA) is 45.5 Å². The van der Waals surface area contributed by atoms with Crippen molar-refractivity contribution >= 4 is 18.2 Å². The maximum atomic E-state index is 4.62. The first kappa shape index (κ1) is 13.8. The number of fused-ring (bicyclic) bond motifs is 3. The van der Waals surface area contributed by atoms with Gasteiger partial charge in [0.15, 0.2) is 0 Å². The minimum Gasteiger partial charge on any atom is -0.315 e. The van der Waals surface area contributed by atoms with Crippen LogP contribution in [-0.4, -0.2) is 44.4 Å². The van der Waals surface area contributed by atoms with Gasteiger partial charge in [0, 0.05) is 43.8 Å². The van der Waals surface area contributed by atoms with Crippen LogP contribution in [-0.2, 0) is 6.54 Å². The molecule has 0 radical (unpaired) electrons. The average Bonchev–Trinajstić information content (AvgIpc) is 2.90. The minimum absolute atomic E-state index is 0. The molecule has 2 saturated heterocycles. The third-order valence-corrected chi connectivity index (χ3v) is 4.44.